The molecule has 1 saturated heterocycles. The Hall–Kier alpha value is -1.96. The fourth-order valence-electron chi connectivity index (χ4n) is 3.38. The van der Waals surface area contributed by atoms with E-state index in [1.165, 1.54) is 29.7 Å². The van der Waals surface area contributed by atoms with Gasteiger partial charge in [-0.25, -0.2) is 0 Å². The summed E-state index contributed by atoms with van der Waals surface area (Å²) in [7, 11) is 3.48. The monoisotopic (exact) mass is 494 g/mol. The zero-order valence-corrected chi connectivity index (χ0v) is 19.3. The van der Waals surface area contributed by atoms with Crippen molar-refractivity contribution < 1.29 is 4.74 Å². The molecule has 2 aromatic rings. The first-order valence-corrected chi connectivity index (χ1v) is 9.64. The highest BCUT2D eigenvalue weighted by molar-refractivity contribution is 14.0. The standard InChI is InChI=1S/C22H30N4O.HI/c1-17(19-7-6-8-20(15-19)26-13-4-5-14-26)25-22(23-2)24-16-18-9-11-21(27-3)12-10-18;/h6-12,15,17H,4-5,13-14,16H2,1-3H3,(H2,23,24,25);1H. The first-order valence-electron chi connectivity index (χ1n) is 9.64. The second-order valence-corrected chi connectivity index (χ2v) is 6.93. The molecule has 1 fully saturated rings. The van der Waals surface area contributed by atoms with Crippen LogP contribution in [0, 0.1) is 0 Å². The van der Waals surface area contributed by atoms with Gasteiger partial charge in [-0.3, -0.25) is 4.99 Å². The summed E-state index contributed by atoms with van der Waals surface area (Å²) in [4.78, 5) is 6.83. The molecule has 0 amide bonds. The normalized spacial score (nSPS) is 15.0. The SMILES string of the molecule is CN=C(NCc1ccc(OC)cc1)NC(C)c1cccc(N2CCCC2)c1.I. The highest BCUT2D eigenvalue weighted by Crippen LogP contribution is 2.24. The van der Waals surface area contributed by atoms with Gasteiger partial charge >= 0.3 is 0 Å². The number of benzene rings is 2. The minimum Gasteiger partial charge on any atom is -0.497 e. The van der Waals surface area contributed by atoms with Crippen LogP contribution in [0.3, 0.4) is 0 Å². The Labute approximate surface area is 185 Å². The van der Waals surface area contributed by atoms with Crippen molar-refractivity contribution in [2.75, 3.05) is 32.1 Å². The maximum absolute atomic E-state index is 5.20. The van der Waals surface area contributed by atoms with Crippen molar-refractivity contribution in [2.45, 2.75) is 32.4 Å². The van der Waals surface area contributed by atoms with Gasteiger partial charge in [0.05, 0.1) is 13.2 Å². The smallest absolute Gasteiger partial charge is 0.191 e. The van der Waals surface area contributed by atoms with Crippen LogP contribution in [0.15, 0.2) is 53.5 Å². The van der Waals surface area contributed by atoms with Crippen LogP contribution in [0.5, 0.6) is 5.75 Å². The van der Waals surface area contributed by atoms with E-state index in [1.54, 1.807) is 14.2 Å². The lowest BCUT2D eigenvalue weighted by atomic mass is 10.1. The molecular formula is C22H31IN4O. The van der Waals surface area contributed by atoms with Crippen molar-refractivity contribution in [3.05, 3.63) is 59.7 Å². The van der Waals surface area contributed by atoms with Gasteiger partial charge in [-0.1, -0.05) is 24.3 Å². The number of anilines is 1. The molecule has 0 radical (unpaired) electrons. The number of hydrogen-bond acceptors (Lipinski definition) is 3. The Kier molecular flexibility index (Phi) is 8.89. The average Bonchev–Trinajstić information content (AvgIpc) is 3.26. The zero-order chi connectivity index (χ0) is 19.1. The molecule has 2 N–H and O–H groups in total. The molecule has 0 bridgehead atoms. The molecule has 0 spiro atoms. The van der Waals surface area contributed by atoms with Crippen molar-refractivity contribution in [2.24, 2.45) is 4.99 Å². The average molecular weight is 494 g/mol. The molecule has 1 aliphatic rings. The topological polar surface area (TPSA) is 48.9 Å². The van der Waals surface area contributed by atoms with Crippen molar-refractivity contribution in [3.63, 3.8) is 0 Å². The lowest BCUT2D eigenvalue weighted by molar-refractivity contribution is 0.414. The first-order chi connectivity index (χ1) is 13.2. The van der Waals surface area contributed by atoms with Crippen LogP contribution in [0.25, 0.3) is 0 Å². The second-order valence-electron chi connectivity index (χ2n) is 6.93. The summed E-state index contributed by atoms with van der Waals surface area (Å²) in [5.41, 5.74) is 3.77. The van der Waals surface area contributed by atoms with E-state index in [9.17, 15) is 0 Å². The Bertz CT molecular complexity index is 757. The number of halogens is 1. The van der Waals surface area contributed by atoms with E-state index >= 15 is 0 Å². The van der Waals surface area contributed by atoms with Gasteiger partial charge in [-0.15, -0.1) is 24.0 Å². The van der Waals surface area contributed by atoms with Crippen LogP contribution in [0.1, 0.15) is 36.9 Å². The molecule has 28 heavy (non-hydrogen) atoms. The van der Waals surface area contributed by atoms with Crippen LogP contribution in [-0.4, -0.2) is 33.2 Å². The Balaban J connectivity index is 0.00000280. The van der Waals surface area contributed by atoms with Gasteiger partial charge < -0.3 is 20.3 Å². The largest absolute Gasteiger partial charge is 0.497 e. The van der Waals surface area contributed by atoms with Crippen LogP contribution in [0.4, 0.5) is 5.69 Å². The maximum atomic E-state index is 5.20. The second kappa shape index (κ2) is 11.1. The molecule has 1 atom stereocenters. The predicted molar refractivity (Wildman–Crippen MR) is 128 cm³/mol. The molecule has 5 nitrogen and oxygen atoms in total. The van der Waals surface area contributed by atoms with E-state index in [0.29, 0.717) is 6.54 Å². The molecule has 0 aromatic heterocycles. The molecule has 1 aliphatic heterocycles. The van der Waals surface area contributed by atoms with Gasteiger partial charge in [0.1, 0.15) is 5.75 Å². The van der Waals surface area contributed by atoms with Gasteiger partial charge in [0, 0.05) is 32.4 Å². The third-order valence-electron chi connectivity index (χ3n) is 5.04. The van der Waals surface area contributed by atoms with E-state index in [2.05, 4.69) is 63.8 Å². The van der Waals surface area contributed by atoms with Crippen molar-refractivity contribution >= 4 is 35.6 Å². The molecular weight excluding hydrogens is 463 g/mol. The van der Waals surface area contributed by atoms with Gasteiger partial charge in [0.25, 0.3) is 0 Å². The number of methoxy groups -OCH3 is 1. The number of hydrogen-bond donors (Lipinski definition) is 2. The summed E-state index contributed by atoms with van der Waals surface area (Å²) >= 11 is 0. The van der Waals surface area contributed by atoms with Crippen LogP contribution in [-0.2, 0) is 6.54 Å². The Morgan fingerprint density at radius 1 is 1.14 bits per heavy atom. The maximum Gasteiger partial charge on any atom is 0.191 e. The molecule has 3 rings (SSSR count). The summed E-state index contributed by atoms with van der Waals surface area (Å²) in [6.45, 7) is 5.21. The third-order valence-corrected chi connectivity index (χ3v) is 5.04. The molecule has 2 aromatic carbocycles. The number of aliphatic imine (C=N–C) groups is 1. The number of guanidine groups is 1. The van der Waals surface area contributed by atoms with Crippen molar-refractivity contribution in [1.82, 2.24) is 10.6 Å². The highest BCUT2D eigenvalue weighted by Gasteiger charge is 2.14. The van der Waals surface area contributed by atoms with E-state index in [4.69, 9.17) is 4.74 Å². The fourth-order valence-corrected chi connectivity index (χ4v) is 3.38. The minimum atomic E-state index is 0. The number of nitrogens with one attached hydrogen (secondary N) is 2. The van der Waals surface area contributed by atoms with Crippen LogP contribution in [0.2, 0.25) is 0 Å². The van der Waals surface area contributed by atoms with Gasteiger partial charge in [0.2, 0.25) is 0 Å². The summed E-state index contributed by atoms with van der Waals surface area (Å²) in [6, 6.07) is 17.1. The highest BCUT2D eigenvalue weighted by atomic mass is 127. The van der Waals surface area contributed by atoms with E-state index in [1.807, 2.05) is 12.1 Å². The molecule has 152 valence electrons. The van der Waals surface area contributed by atoms with E-state index in [-0.39, 0.29) is 30.0 Å². The fraction of sp³-hybridized carbons (Fsp3) is 0.409. The quantitative estimate of drug-likeness (QED) is 0.357. The van der Waals surface area contributed by atoms with Crippen LogP contribution >= 0.6 is 24.0 Å². The lowest BCUT2D eigenvalue weighted by Gasteiger charge is -2.22. The first kappa shape index (κ1) is 22.3. The predicted octanol–water partition coefficient (Wildman–Crippen LogP) is 4.34. The van der Waals surface area contributed by atoms with E-state index in [0.717, 1.165) is 24.8 Å². The summed E-state index contributed by atoms with van der Waals surface area (Å²) in [5.74, 6) is 1.66. The summed E-state index contributed by atoms with van der Waals surface area (Å²) in [5, 5.41) is 6.87. The third kappa shape index (κ3) is 6.02. The Morgan fingerprint density at radius 3 is 2.50 bits per heavy atom. The van der Waals surface area contributed by atoms with Crippen molar-refractivity contribution in [1.29, 1.82) is 0 Å². The van der Waals surface area contributed by atoms with Gasteiger partial charge in [-0.2, -0.15) is 0 Å². The molecule has 1 heterocycles. The van der Waals surface area contributed by atoms with Gasteiger partial charge in [0.15, 0.2) is 5.96 Å². The summed E-state index contributed by atoms with van der Waals surface area (Å²) in [6.07, 6.45) is 2.58. The van der Waals surface area contributed by atoms with E-state index < -0.39 is 0 Å². The molecule has 0 saturated carbocycles. The van der Waals surface area contributed by atoms with Gasteiger partial charge in [-0.05, 0) is 55.2 Å². The zero-order valence-electron chi connectivity index (χ0n) is 16.9. The number of rotatable bonds is 6. The summed E-state index contributed by atoms with van der Waals surface area (Å²) < 4.78 is 5.20. The van der Waals surface area contributed by atoms with Crippen molar-refractivity contribution in [3.8, 4) is 5.75 Å². The van der Waals surface area contributed by atoms with Crippen LogP contribution < -0.4 is 20.3 Å². The Morgan fingerprint density at radius 2 is 1.86 bits per heavy atom. The molecule has 1 unspecified atom stereocenters. The lowest BCUT2D eigenvalue weighted by Crippen LogP contribution is -2.38. The molecule has 0 aliphatic carbocycles. The number of nitrogens with zero attached hydrogens (tertiary/aromatic N) is 2. The minimum absolute atomic E-state index is 0. The molecule has 6 heteroatoms. The number of ether oxygens (including phenoxy) is 1.